The molecule has 0 spiro atoms. The molecule has 0 heterocycles. The average Bonchev–Trinajstić information content (AvgIpc) is 0.800. The number of carbonyl (C=O) groups excluding carboxylic acids is 5. The third-order valence-corrected chi connectivity index (χ3v) is 30.2. The Labute approximate surface area is 882 Å². The number of rotatable bonds is 58. The molecule has 30 nitrogen and oxygen atoms in total. The minimum atomic E-state index is -0.447. The highest BCUT2D eigenvalue weighted by Crippen LogP contribution is 2.50. The number of benzene rings is 3. The van der Waals surface area contributed by atoms with E-state index < -0.39 is 46.5 Å². The van der Waals surface area contributed by atoms with E-state index in [2.05, 4.69) is 69.3 Å². The lowest BCUT2D eigenvalue weighted by molar-refractivity contribution is -0.842. The molecular weight excluding hydrogens is 1830 g/mol. The van der Waals surface area contributed by atoms with Gasteiger partial charge in [0, 0.05) is 37.5 Å². The van der Waals surface area contributed by atoms with E-state index in [0.29, 0.717) is 181 Å². The summed E-state index contributed by atoms with van der Waals surface area (Å²) in [6, 6.07) is 30.8. The summed E-state index contributed by atoms with van der Waals surface area (Å²) in [4.78, 5) is 75.4. The molecule has 7 rings (SSSR count). The Morgan fingerprint density at radius 2 is 0.524 bits per heavy atom. The molecule has 30 heteroatoms. The van der Waals surface area contributed by atoms with Crippen LogP contribution >= 0.6 is 0 Å². The summed E-state index contributed by atoms with van der Waals surface area (Å²) in [5.41, 5.74) is 3.59. The lowest BCUT2D eigenvalue weighted by atomic mass is 9.61. The maximum Gasteiger partial charge on any atom is 0.223 e. The second-order valence-electron chi connectivity index (χ2n) is 48.9. The van der Waals surface area contributed by atoms with Gasteiger partial charge in [-0.15, -0.1) is 0 Å². The van der Waals surface area contributed by atoms with Crippen molar-refractivity contribution in [1.82, 2.24) is 24.5 Å². The molecule has 0 aromatic heterocycles. The first-order chi connectivity index (χ1) is 67.6. The van der Waals surface area contributed by atoms with Crippen LogP contribution in [0.4, 0.5) is 0 Å². The zero-order chi connectivity index (χ0) is 109. The fourth-order valence-electron chi connectivity index (χ4n) is 20.7. The smallest absolute Gasteiger partial charge is 0.223 e. The van der Waals surface area contributed by atoms with Crippen molar-refractivity contribution in [3.8, 4) is 0 Å². The highest BCUT2D eigenvalue weighted by Gasteiger charge is 2.43. The van der Waals surface area contributed by atoms with Gasteiger partial charge in [-0.2, -0.15) is 0 Å². The number of hydroxylamine groups is 30. The number of unbranched alkanes of at least 4 members (excludes halogenated alkanes) is 7. The summed E-state index contributed by atoms with van der Waals surface area (Å²) in [7, 11) is 31.9. The van der Waals surface area contributed by atoms with E-state index in [9.17, 15) is 76.0 Å². The minimum absolute atomic E-state index is 0.0295. The zero-order valence-corrected chi connectivity index (χ0v) is 96.2. The van der Waals surface area contributed by atoms with Crippen molar-refractivity contribution >= 4 is 29.5 Å². The van der Waals surface area contributed by atoms with Crippen molar-refractivity contribution in [2.75, 3.05) is 272 Å². The van der Waals surface area contributed by atoms with Crippen molar-refractivity contribution in [3.05, 3.63) is 160 Å². The van der Waals surface area contributed by atoms with E-state index in [4.69, 9.17) is 0 Å². The fraction of sp³-hybridized carbons (Fsp3) is 0.800. The van der Waals surface area contributed by atoms with Crippen molar-refractivity contribution in [2.24, 2.45) is 23.2 Å². The second-order valence-corrected chi connectivity index (χ2v) is 48.9. The van der Waals surface area contributed by atoms with E-state index in [-0.39, 0.29) is 52.2 Å². The van der Waals surface area contributed by atoms with Crippen LogP contribution < -0.4 is 0 Å². The Balaban J connectivity index is 0.000000466. The number of amides is 5. The van der Waals surface area contributed by atoms with Crippen molar-refractivity contribution in [1.29, 1.82) is 0 Å². The Morgan fingerprint density at radius 1 is 0.276 bits per heavy atom. The van der Waals surface area contributed by atoms with Crippen LogP contribution in [0.5, 0.6) is 0 Å². The van der Waals surface area contributed by atoms with Crippen LogP contribution in [0, 0.1) is 75.2 Å². The Bertz CT molecular complexity index is 3800. The van der Waals surface area contributed by atoms with Gasteiger partial charge in [0.05, 0.1) is 272 Å². The van der Waals surface area contributed by atoms with Gasteiger partial charge < -0.3 is 123 Å². The molecule has 5 amide bonds. The summed E-state index contributed by atoms with van der Waals surface area (Å²) in [6.07, 6.45) is 47.0. The molecule has 4 saturated carbocycles. The second kappa shape index (κ2) is 66.9. The predicted molar refractivity (Wildman–Crippen MR) is 597 cm³/mol. The largest absolute Gasteiger partial charge is 0.633 e. The average molecular weight is 2050 g/mol. The molecule has 4 aliphatic rings. The lowest BCUT2D eigenvalue weighted by Crippen LogP contribution is -2.49. The summed E-state index contributed by atoms with van der Waals surface area (Å²) in [5.74, 6) is 2.56. The molecule has 838 valence electrons. The Kier molecular flexibility index (Phi) is 61.5. The van der Waals surface area contributed by atoms with Gasteiger partial charge in [-0.25, -0.2) is 0 Å². The van der Waals surface area contributed by atoms with E-state index in [0.717, 1.165) is 64.2 Å². The maximum atomic E-state index is 13.6. The van der Waals surface area contributed by atoms with Crippen LogP contribution in [0.1, 0.15) is 319 Å². The standard InChI is InChI=1S/C24H47N3O3.C24H41N3O3.C23H47N3O3.C23H41N3O3.C21H37N3O3/c2*1-26(2,29)19-17-25(18-20-27(3,4)30)23(28)21-24(22-13-9-8-10-14-22)15-11-6-5-7-12-16-24;2*1-6-7-8-10-15-22(21-13-11-9-12-14-21)20-23(27)24(16-18-25(2,3)28)17-19-26(4,5)29;1-6-7-11-20(19-12-9-8-10-13-19)18-21(25)22(14-16-23(2,3)26)15-17-24(4,5)27/h22H,5-21H2,1-4H3;8-10,13-14H,5-7,11-12,15-21H2,1-4H3;21-22H,6-20H2,1-5H3;9,11-14,22H,6-8,10,15-20H2,1-5H3;8-10,12-13,20H,6-7,11,14-18H2,1-5H3. The van der Waals surface area contributed by atoms with Gasteiger partial charge in [-0.05, 0) is 109 Å². The van der Waals surface area contributed by atoms with Gasteiger partial charge in [0.15, 0.2) is 0 Å². The molecule has 145 heavy (non-hydrogen) atoms. The van der Waals surface area contributed by atoms with Crippen molar-refractivity contribution in [3.63, 3.8) is 0 Å². The van der Waals surface area contributed by atoms with Gasteiger partial charge in [-0.3, -0.25) is 24.0 Å². The molecule has 3 aromatic carbocycles. The zero-order valence-electron chi connectivity index (χ0n) is 96.2. The highest BCUT2D eigenvalue weighted by molar-refractivity contribution is 5.79. The fourth-order valence-corrected chi connectivity index (χ4v) is 20.7. The van der Waals surface area contributed by atoms with Crippen molar-refractivity contribution < 1.29 is 70.4 Å². The first kappa shape index (κ1) is 133. The molecule has 0 aliphatic heterocycles. The number of nitrogens with zero attached hydrogens (tertiary/aromatic N) is 15. The number of quaternary nitrogens is 10. The number of carbonyl (C=O) groups is 5. The molecule has 4 aliphatic carbocycles. The summed E-state index contributed by atoms with van der Waals surface area (Å²) in [5, 5.41) is 121. The molecule has 0 N–H and O–H groups in total. The molecular formula is C115H213N15O15. The van der Waals surface area contributed by atoms with Gasteiger partial charge >= 0.3 is 0 Å². The van der Waals surface area contributed by atoms with Crippen LogP contribution in [0.15, 0.2) is 91.0 Å². The topological polar surface area (TPSA) is 332 Å². The van der Waals surface area contributed by atoms with Crippen LogP contribution in [0.2, 0.25) is 0 Å². The molecule has 4 fully saturated rings. The quantitative estimate of drug-likeness (QED) is 0.0288. The third-order valence-electron chi connectivity index (χ3n) is 30.2. The highest BCUT2D eigenvalue weighted by atomic mass is 16.6. The third kappa shape index (κ3) is 64.0. The monoisotopic (exact) mass is 2040 g/mol. The molecule has 0 bridgehead atoms. The normalized spacial score (nSPS) is 16.8. The Morgan fingerprint density at radius 3 is 0.828 bits per heavy atom. The molecule has 3 unspecified atom stereocenters. The van der Waals surface area contributed by atoms with Gasteiger partial charge in [0.25, 0.3) is 0 Å². The SMILES string of the molecule is CCCCC(CC(=O)N(CC[N+](C)(C)[O-])CC[N+](C)(C)[O-])c1ccccc1.CCCCCCC(CC(=O)N(CC[N+](C)(C)[O-])CC[N+](C)(C)[O-])C1CCCCC1.CCCCCCC(CC(=O)N(CC[N+](C)(C)[O-])CC[N+](C)(C)[O-])c1ccccc1.C[N+](C)([O-])CCN(CC[N+](C)(C)[O-])C(=O)CC1(C2CCCCC2)CCCCCCC1.C[N+](C)([O-])CCN(CC[N+](C)(C)[O-])C(=O)CC1(c2ccccc2)CCCCCCC1. The lowest BCUT2D eigenvalue weighted by Gasteiger charge is -2.45. The minimum Gasteiger partial charge on any atom is -0.633 e. The van der Waals surface area contributed by atoms with E-state index >= 15 is 0 Å². The van der Waals surface area contributed by atoms with E-state index in [1.54, 1.807) is 161 Å². The van der Waals surface area contributed by atoms with Crippen LogP contribution in [0.3, 0.4) is 0 Å². The van der Waals surface area contributed by atoms with Crippen LogP contribution in [-0.4, -0.2) is 372 Å². The van der Waals surface area contributed by atoms with Crippen LogP contribution in [-0.2, 0) is 29.4 Å². The van der Waals surface area contributed by atoms with E-state index in [1.807, 2.05) is 47.4 Å². The summed E-state index contributed by atoms with van der Waals surface area (Å²) in [6.45, 7) is 14.0. The first-order valence-corrected chi connectivity index (χ1v) is 56.5. The van der Waals surface area contributed by atoms with Crippen molar-refractivity contribution in [2.45, 2.75) is 308 Å². The molecule has 0 radical (unpaired) electrons. The summed E-state index contributed by atoms with van der Waals surface area (Å²) >= 11 is 0. The Hall–Kier alpha value is -5.79. The van der Waals surface area contributed by atoms with Gasteiger partial charge in [-0.1, -0.05) is 292 Å². The number of likely N-dealkylation sites (N-methyl/N-ethyl adjacent to an activating group) is 10. The number of hydrogen-bond donors (Lipinski definition) is 0. The summed E-state index contributed by atoms with van der Waals surface area (Å²) < 4.78 is -4.32. The first-order valence-electron chi connectivity index (χ1n) is 56.5. The molecule has 0 saturated heterocycles. The molecule has 3 aromatic rings. The van der Waals surface area contributed by atoms with E-state index in [1.165, 1.54) is 190 Å². The maximum absolute atomic E-state index is 13.6. The van der Waals surface area contributed by atoms with Gasteiger partial charge in [0.1, 0.15) is 0 Å². The number of hydrogen-bond acceptors (Lipinski definition) is 15. The van der Waals surface area contributed by atoms with Gasteiger partial charge in [0.2, 0.25) is 29.5 Å². The predicted octanol–water partition coefficient (Wildman–Crippen LogP) is 20.7. The molecule has 3 atom stereocenters. The van der Waals surface area contributed by atoms with Crippen LogP contribution in [0.25, 0.3) is 0 Å².